The molecule has 1 aliphatic carbocycles. The molecule has 0 radical (unpaired) electrons. The number of aromatic nitrogens is 2. The summed E-state index contributed by atoms with van der Waals surface area (Å²) < 4.78 is 5.69. The molecule has 0 amide bonds. The van der Waals surface area contributed by atoms with Crippen LogP contribution in [0.2, 0.25) is 0 Å². The molecule has 1 N–H and O–H groups in total. The van der Waals surface area contributed by atoms with Crippen LogP contribution in [0.1, 0.15) is 79.0 Å². The standard InChI is InChI=1S/C27H34N4O2/c1-26(2)9-7-19(8-10-26)23-16-21(27(31(3)4)11-13-33-14-12-27)6-5-20(23)15-24(32)25-29-18-22(17-28)30-25/h5-7,16,18H,8-15H2,1-4H3,(H,29,30). The van der Waals surface area contributed by atoms with Gasteiger partial charge in [-0.3, -0.25) is 9.69 Å². The maximum atomic E-state index is 13.0. The minimum Gasteiger partial charge on any atom is -0.381 e. The fourth-order valence-corrected chi connectivity index (χ4v) is 5.12. The van der Waals surface area contributed by atoms with E-state index >= 15 is 0 Å². The van der Waals surface area contributed by atoms with Crippen molar-refractivity contribution in [2.24, 2.45) is 5.41 Å². The van der Waals surface area contributed by atoms with Gasteiger partial charge in [-0.05, 0) is 79.9 Å². The first-order valence-electron chi connectivity index (χ1n) is 11.8. The maximum Gasteiger partial charge on any atom is 0.202 e. The normalized spacial score (nSPS) is 19.7. The van der Waals surface area contributed by atoms with Crippen molar-refractivity contribution in [3.63, 3.8) is 0 Å². The number of nitrogens with one attached hydrogen (secondary N) is 1. The highest BCUT2D eigenvalue weighted by molar-refractivity contribution is 5.95. The molecule has 2 aliphatic rings. The highest BCUT2D eigenvalue weighted by Gasteiger charge is 2.37. The van der Waals surface area contributed by atoms with Crippen LogP contribution < -0.4 is 0 Å². The molecular formula is C27H34N4O2. The Balaban J connectivity index is 1.74. The number of rotatable bonds is 6. The number of imidazole rings is 1. The van der Waals surface area contributed by atoms with E-state index in [1.807, 2.05) is 6.07 Å². The van der Waals surface area contributed by atoms with Gasteiger partial charge < -0.3 is 9.72 Å². The first-order valence-corrected chi connectivity index (χ1v) is 11.8. The Morgan fingerprint density at radius 1 is 1.24 bits per heavy atom. The molecule has 33 heavy (non-hydrogen) atoms. The first-order chi connectivity index (χ1) is 15.7. The Labute approximate surface area is 196 Å². The lowest BCUT2D eigenvalue weighted by molar-refractivity contribution is -0.0105. The van der Waals surface area contributed by atoms with Gasteiger partial charge in [0, 0.05) is 25.2 Å². The quantitative estimate of drug-likeness (QED) is 0.640. The number of carbonyl (C=O) groups excluding carboxylic acids is 1. The van der Waals surface area contributed by atoms with Crippen molar-refractivity contribution in [1.82, 2.24) is 14.9 Å². The second-order valence-corrected chi connectivity index (χ2v) is 10.4. The first kappa shape index (κ1) is 23.4. The Morgan fingerprint density at radius 3 is 2.61 bits per heavy atom. The van der Waals surface area contributed by atoms with E-state index in [4.69, 9.17) is 10.00 Å². The molecule has 6 nitrogen and oxygen atoms in total. The molecule has 2 aromatic rings. The van der Waals surface area contributed by atoms with Gasteiger partial charge in [0.25, 0.3) is 0 Å². The Bertz CT molecular complexity index is 1100. The molecule has 1 aromatic carbocycles. The monoisotopic (exact) mass is 446 g/mol. The molecule has 1 fully saturated rings. The van der Waals surface area contributed by atoms with E-state index in [0.717, 1.165) is 50.9 Å². The highest BCUT2D eigenvalue weighted by atomic mass is 16.5. The summed E-state index contributed by atoms with van der Waals surface area (Å²) in [5.41, 5.74) is 5.37. The summed E-state index contributed by atoms with van der Waals surface area (Å²) in [7, 11) is 4.29. The lowest BCUT2D eigenvalue weighted by Gasteiger charge is -2.43. The van der Waals surface area contributed by atoms with Crippen molar-refractivity contribution >= 4 is 11.4 Å². The minimum atomic E-state index is -0.101. The number of carbonyl (C=O) groups is 1. The minimum absolute atomic E-state index is 0.0628. The Kier molecular flexibility index (Phi) is 6.56. The number of ether oxygens (including phenoxy) is 1. The SMILES string of the molecule is CN(C)C1(c2ccc(CC(=O)c3ncc(C#N)[nH]3)c(C3=CCC(C)(C)CC3)c2)CCOCC1. The molecule has 0 saturated carbocycles. The third-order valence-corrected chi connectivity index (χ3v) is 7.45. The van der Waals surface area contributed by atoms with Crippen LogP contribution in [0.25, 0.3) is 5.57 Å². The van der Waals surface area contributed by atoms with Crippen LogP contribution in [0.5, 0.6) is 0 Å². The van der Waals surface area contributed by atoms with E-state index in [0.29, 0.717) is 11.1 Å². The lowest BCUT2D eigenvalue weighted by atomic mass is 9.74. The number of allylic oxidation sites excluding steroid dienone is 2. The predicted octanol–water partition coefficient (Wildman–Crippen LogP) is 4.87. The number of ketones is 1. The number of Topliss-reactive ketones (excluding diaryl/α,β-unsaturated/α-hetero) is 1. The van der Waals surface area contributed by atoms with Crippen molar-refractivity contribution in [2.45, 2.75) is 57.9 Å². The summed E-state index contributed by atoms with van der Waals surface area (Å²) in [6.45, 7) is 6.14. The third kappa shape index (κ3) is 4.80. The zero-order chi connectivity index (χ0) is 23.6. The van der Waals surface area contributed by atoms with E-state index in [2.05, 4.69) is 67.1 Å². The second kappa shape index (κ2) is 9.24. The van der Waals surface area contributed by atoms with Crippen molar-refractivity contribution in [3.05, 3.63) is 58.7 Å². The van der Waals surface area contributed by atoms with Crippen LogP contribution in [-0.2, 0) is 16.7 Å². The number of nitrogens with zero attached hydrogens (tertiary/aromatic N) is 3. The average Bonchev–Trinajstić information content (AvgIpc) is 3.29. The number of hydrogen-bond donors (Lipinski definition) is 1. The molecule has 0 bridgehead atoms. The van der Waals surface area contributed by atoms with E-state index < -0.39 is 0 Å². The molecule has 2 heterocycles. The molecule has 0 unspecified atom stereocenters. The van der Waals surface area contributed by atoms with Gasteiger partial charge >= 0.3 is 0 Å². The summed E-state index contributed by atoms with van der Waals surface area (Å²) in [5, 5.41) is 9.05. The average molecular weight is 447 g/mol. The molecular weight excluding hydrogens is 412 g/mol. The fourth-order valence-electron chi connectivity index (χ4n) is 5.12. The van der Waals surface area contributed by atoms with Crippen molar-refractivity contribution in [1.29, 1.82) is 5.26 Å². The topological polar surface area (TPSA) is 82.0 Å². The van der Waals surface area contributed by atoms with Crippen LogP contribution in [0.3, 0.4) is 0 Å². The summed E-state index contributed by atoms with van der Waals surface area (Å²) in [6, 6.07) is 8.63. The van der Waals surface area contributed by atoms with E-state index in [9.17, 15) is 4.79 Å². The van der Waals surface area contributed by atoms with Gasteiger partial charge in [-0.15, -0.1) is 0 Å². The van der Waals surface area contributed by atoms with Crippen molar-refractivity contribution < 1.29 is 9.53 Å². The molecule has 1 aromatic heterocycles. The third-order valence-electron chi connectivity index (χ3n) is 7.45. The Morgan fingerprint density at radius 2 is 2.00 bits per heavy atom. The largest absolute Gasteiger partial charge is 0.381 e. The maximum absolute atomic E-state index is 13.0. The van der Waals surface area contributed by atoms with Crippen LogP contribution in [0.4, 0.5) is 0 Å². The summed E-state index contributed by atoms with van der Waals surface area (Å²) in [4.78, 5) is 22.2. The van der Waals surface area contributed by atoms with Gasteiger partial charge in [0.15, 0.2) is 5.82 Å². The highest BCUT2D eigenvalue weighted by Crippen LogP contribution is 2.42. The van der Waals surface area contributed by atoms with Gasteiger partial charge in [-0.1, -0.05) is 32.1 Å². The molecule has 1 aliphatic heterocycles. The van der Waals surface area contributed by atoms with Crippen molar-refractivity contribution in [3.8, 4) is 6.07 Å². The second-order valence-electron chi connectivity index (χ2n) is 10.4. The number of nitriles is 1. The fraction of sp³-hybridized carbons (Fsp3) is 0.519. The van der Waals surface area contributed by atoms with Gasteiger partial charge in [0.05, 0.1) is 6.20 Å². The number of H-pyrrole nitrogens is 1. The van der Waals surface area contributed by atoms with E-state index in [1.54, 1.807) is 0 Å². The van der Waals surface area contributed by atoms with Gasteiger partial charge in [0.2, 0.25) is 5.78 Å². The smallest absolute Gasteiger partial charge is 0.202 e. The van der Waals surface area contributed by atoms with Gasteiger partial charge in [-0.25, -0.2) is 4.98 Å². The lowest BCUT2D eigenvalue weighted by Crippen LogP contribution is -2.45. The Hall–Kier alpha value is -2.75. The van der Waals surface area contributed by atoms with Crippen LogP contribution in [-0.4, -0.2) is 48.0 Å². The summed E-state index contributed by atoms with van der Waals surface area (Å²) in [5.74, 6) is 0.144. The van der Waals surface area contributed by atoms with E-state index in [1.165, 1.54) is 22.9 Å². The number of aromatic amines is 1. The zero-order valence-corrected chi connectivity index (χ0v) is 20.2. The molecule has 1 saturated heterocycles. The van der Waals surface area contributed by atoms with Gasteiger partial charge in [0.1, 0.15) is 11.8 Å². The molecule has 174 valence electrons. The number of hydrogen-bond acceptors (Lipinski definition) is 5. The van der Waals surface area contributed by atoms with Crippen LogP contribution >= 0.6 is 0 Å². The summed E-state index contributed by atoms with van der Waals surface area (Å²) >= 11 is 0. The van der Waals surface area contributed by atoms with Crippen LogP contribution in [0.15, 0.2) is 30.5 Å². The summed E-state index contributed by atoms with van der Waals surface area (Å²) in [6.07, 6.45) is 9.11. The van der Waals surface area contributed by atoms with E-state index in [-0.39, 0.29) is 23.6 Å². The van der Waals surface area contributed by atoms with Gasteiger partial charge in [-0.2, -0.15) is 5.26 Å². The molecule has 0 atom stereocenters. The predicted molar refractivity (Wildman–Crippen MR) is 129 cm³/mol. The molecule has 4 rings (SSSR count). The van der Waals surface area contributed by atoms with Crippen molar-refractivity contribution in [2.75, 3.05) is 27.3 Å². The van der Waals surface area contributed by atoms with Crippen LogP contribution in [0, 0.1) is 16.7 Å². The molecule has 0 spiro atoms. The molecule has 6 heteroatoms. The number of benzene rings is 1. The zero-order valence-electron chi connectivity index (χ0n) is 20.2.